The first-order valence-electron chi connectivity index (χ1n) is 6.78. The maximum Gasteiger partial charge on any atom is 0.142 e. The zero-order valence-electron chi connectivity index (χ0n) is 11.4. The topological polar surface area (TPSA) is 53.6 Å². The molecule has 1 unspecified atom stereocenters. The molecule has 0 spiro atoms. The Morgan fingerprint density at radius 3 is 2.83 bits per heavy atom. The van der Waals surface area contributed by atoms with Crippen LogP contribution in [-0.4, -0.2) is 21.5 Å². The van der Waals surface area contributed by atoms with Gasteiger partial charge in [0.25, 0.3) is 0 Å². The molecule has 2 aromatic heterocycles. The van der Waals surface area contributed by atoms with Gasteiger partial charge < -0.3 is 10.3 Å². The number of H-pyrrole nitrogens is 1. The third kappa shape index (κ3) is 2.63. The minimum Gasteiger partial charge on any atom is -0.369 e. The molecule has 2 rings (SSSR count). The van der Waals surface area contributed by atoms with Gasteiger partial charge in [-0.2, -0.15) is 0 Å². The molecule has 0 amide bonds. The summed E-state index contributed by atoms with van der Waals surface area (Å²) in [6.45, 7) is 7.80. The Bertz CT molecular complexity index is 491. The molecule has 0 radical (unpaired) electrons. The van der Waals surface area contributed by atoms with Crippen molar-refractivity contribution in [1.82, 2.24) is 15.0 Å². The monoisotopic (exact) mass is 246 g/mol. The number of rotatable bonds is 6. The van der Waals surface area contributed by atoms with E-state index in [-0.39, 0.29) is 0 Å². The molecule has 2 heterocycles. The third-order valence-electron chi connectivity index (χ3n) is 3.86. The van der Waals surface area contributed by atoms with Crippen molar-refractivity contribution in [2.45, 2.75) is 33.6 Å². The van der Waals surface area contributed by atoms with Gasteiger partial charge in [-0.05, 0) is 17.9 Å². The van der Waals surface area contributed by atoms with Crippen molar-refractivity contribution in [3.8, 4) is 0 Å². The fraction of sp³-hybridized carbons (Fsp3) is 0.571. The summed E-state index contributed by atoms with van der Waals surface area (Å²) in [5, 5.41) is 4.54. The first kappa shape index (κ1) is 12.9. The lowest BCUT2D eigenvalue weighted by molar-refractivity contribution is 0.354. The molecular formula is C14H22N4. The van der Waals surface area contributed by atoms with Crippen LogP contribution in [0, 0.1) is 11.8 Å². The average molecular weight is 246 g/mol. The molecule has 4 heteroatoms. The van der Waals surface area contributed by atoms with E-state index in [4.69, 9.17) is 0 Å². The van der Waals surface area contributed by atoms with E-state index in [1.165, 1.54) is 12.8 Å². The molecule has 2 atom stereocenters. The van der Waals surface area contributed by atoms with Crippen molar-refractivity contribution in [3.05, 3.63) is 18.6 Å². The van der Waals surface area contributed by atoms with E-state index in [1.807, 2.05) is 12.3 Å². The van der Waals surface area contributed by atoms with Crippen LogP contribution in [0.1, 0.15) is 33.6 Å². The Hall–Kier alpha value is -1.58. The van der Waals surface area contributed by atoms with E-state index in [2.05, 4.69) is 41.0 Å². The lowest BCUT2D eigenvalue weighted by Crippen LogP contribution is -2.20. The van der Waals surface area contributed by atoms with E-state index in [0.29, 0.717) is 5.92 Å². The van der Waals surface area contributed by atoms with Crippen LogP contribution in [0.2, 0.25) is 0 Å². The molecule has 0 saturated carbocycles. The smallest absolute Gasteiger partial charge is 0.142 e. The van der Waals surface area contributed by atoms with Crippen molar-refractivity contribution in [3.63, 3.8) is 0 Å². The molecule has 0 bridgehead atoms. The molecule has 98 valence electrons. The normalized spacial score (nSPS) is 14.6. The van der Waals surface area contributed by atoms with Gasteiger partial charge in [0.15, 0.2) is 0 Å². The highest BCUT2D eigenvalue weighted by Crippen LogP contribution is 2.22. The zero-order valence-corrected chi connectivity index (χ0v) is 11.4. The van der Waals surface area contributed by atoms with E-state index < -0.39 is 0 Å². The lowest BCUT2D eigenvalue weighted by Gasteiger charge is -2.22. The van der Waals surface area contributed by atoms with Gasteiger partial charge in [0.1, 0.15) is 17.8 Å². The molecule has 0 aliphatic heterocycles. The molecule has 18 heavy (non-hydrogen) atoms. The van der Waals surface area contributed by atoms with Crippen molar-refractivity contribution in [2.24, 2.45) is 11.8 Å². The van der Waals surface area contributed by atoms with Crippen LogP contribution in [0.3, 0.4) is 0 Å². The highest BCUT2D eigenvalue weighted by molar-refractivity contribution is 5.86. The van der Waals surface area contributed by atoms with Gasteiger partial charge in [0, 0.05) is 12.7 Å². The second-order valence-corrected chi connectivity index (χ2v) is 4.90. The van der Waals surface area contributed by atoms with Gasteiger partial charge in [0.05, 0.1) is 5.39 Å². The Morgan fingerprint density at radius 2 is 2.11 bits per heavy atom. The Labute approximate surface area is 108 Å². The van der Waals surface area contributed by atoms with Crippen molar-refractivity contribution in [1.29, 1.82) is 0 Å². The largest absolute Gasteiger partial charge is 0.369 e. The second-order valence-electron chi connectivity index (χ2n) is 4.90. The molecular weight excluding hydrogens is 224 g/mol. The van der Waals surface area contributed by atoms with Gasteiger partial charge in [-0.25, -0.2) is 9.97 Å². The summed E-state index contributed by atoms with van der Waals surface area (Å²) in [5.41, 5.74) is 0.893. The summed E-state index contributed by atoms with van der Waals surface area (Å²) in [6, 6.07) is 2.02. The molecule has 0 aliphatic carbocycles. The molecule has 2 N–H and O–H groups in total. The highest BCUT2D eigenvalue weighted by atomic mass is 15.0. The minimum atomic E-state index is 0.693. The van der Waals surface area contributed by atoms with Crippen LogP contribution in [-0.2, 0) is 0 Å². The third-order valence-corrected chi connectivity index (χ3v) is 3.86. The number of nitrogens with one attached hydrogen (secondary N) is 2. The average Bonchev–Trinajstić information content (AvgIpc) is 2.88. The maximum absolute atomic E-state index is 4.33. The van der Waals surface area contributed by atoms with Gasteiger partial charge >= 0.3 is 0 Å². The molecule has 2 aromatic rings. The van der Waals surface area contributed by atoms with Crippen LogP contribution in [0.5, 0.6) is 0 Å². The summed E-state index contributed by atoms with van der Waals surface area (Å²) < 4.78 is 0. The number of fused-ring (bicyclic) bond motifs is 1. The molecule has 0 aliphatic rings. The number of anilines is 1. The van der Waals surface area contributed by atoms with Crippen LogP contribution in [0.4, 0.5) is 5.82 Å². The van der Waals surface area contributed by atoms with Crippen LogP contribution < -0.4 is 5.32 Å². The number of hydrogen-bond donors (Lipinski definition) is 2. The fourth-order valence-corrected chi connectivity index (χ4v) is 2.32. The number of aromatic amines is 1. The van der Waals surface area contributed by atoms with Crippen LogP contribution >= 0.6 is 0 Å². The molecule has 0 saturated heterocycles. The van der Waals surface area contributed by atoms with Gasteiger partial charge in [-0.1, -0.05) is 33.6 Å². The second kappa shape index (κ2) is 5.85. The molecule has 0 aromatic carbocycles. The van der Waals surface area contributed by atoms with E-state index in [1.54, 1.807) is 6.33 Å². The quantitative estimate of drug-likeness (QED) is 0.821. The summed E-state index contributed by atoms with van der Waals surface area (Å²) in [6.07, 6.45) is 5.93. The standard InChI is InChI=1S/C14H22N4/c1-4-10(3)11(5-2)8-16-14-12-6-7-15-13(12)17-9-18-14/h6-7,9-11H,4-5,8H2,1-3H3,(H2,15,16,17,18)/t10-,11?/m0/s1. The highest BCUT2D eigenvalue weighted by Gasteiger charge is 2.14. The SMILES string of the molecule is CCC(CNc1ncnc2[nH]ccc12)[C@@H](C)CC. The van der Waals surface area contributed by atoms with E-state index in [0.717, 1.165) is 29.3 Å². The summed E-state index contributed by atoms with van der Waals surface area (Å²) in [5.74, 6) is 2.37. The summed E-state index contributed by atoms with van der Waals surface area (Å²) in [4.78, 5) is 11.6. The predicted octanol–water partition coefficient (Wildman–Crippen LogP) is 3.44. The van der Waals surface area contributed by atoms with E-state index >= 15 is 0 Å². The molecule has 0 fully saturated rings. The summed E-state index contributed by atoms with van der Waals surface area (Å²) >= 11 is 0. The predicted molar refractivity (Wildman–Crippen MR) is 75.6 cm³/mol. The van der Waals surface area contributed by atoms with Gasteiger partial charge in [-0.3, -0.25) is 0 Å². The Morgan fingerprint density at radius 1 is 1.28 bits per heavy atom. The van der Waals surface area contributed by atoms with E-state index in [9.17, 15) is 0 Å². The minimum absolute atomic E-state index is 0.693. The van der Waals surface area contributed by atoms with Crippen LogP contribution in [0.15, 0.2) is 18.6 Å². The van der Waals surface area contributed by atoms with Crippen molar-refractivity contribution >= 4 is 16.9 Å². The zero-order chi connectivity index (χ0) is 13.0. The first-order valence-corrected chi connectivity index (χ1v) is 6.78. The number of hydrogen-bond acceptors (Lipinski definition) is 3. The maximum atomic E-state index is 4.33. The number of aromatic nitrogens is 3. The number of nitrogens with zero attached hydrogens (tertiary/aromatic N) is 2. The van der Waals surface area contributed by atoms with Crippen LogP contribution in [0.25, 0.3) is 11.0 Å². The first-order chi connectivity index (χ1) is 8.76. The lowest BCUT2D eigenvalue weighted by atomic mass is 9.89. The van der Waals surface area contributed by atoms with Gasteiger partial charge in [-0.15, -0.1) is 0 Å². The van der Waals surface area contributed by atoms with Gasteiger partial charge in [0.2, 0.25) is 0 Å². The Balaban J connectivity index is 2.07. The van der Waals surface area contributed by atoms with Crippen molar-refractivity contribution < 1.29 is 0 Å². The summed E-state index contributed by atoms with van der Waals surface area (Å²) in [7, 11) is 0. The van der Waals surface area contributed by atoms with Crippen molar-refractivity contribution in [2.75, 3.05) is 11.9 Å². The Kier molecular flexibility index (Phi) is 4.18. The fourth-order valence-electron chi connectivity index (χ4n) is 2.32. The molecule has 4 nitrogen and oxygen atoms in total.